The molecule has 0 aliphatic carbocycles. The fraction of sp³-hybridized carbons (Fsp3) is 1.00. The van der Waals surface area contributed by atoms with E-state index in [1.807, 2.05) is 27.7 Å². The number of hydrogen-bond donors (Lipinski definition) is 4. The van der Waals surface area contributed by atoms with Crippen molar-refractivity contribution in [1.82, 2.24) is 0 Å². The Bertz CT molecular complexity index is 250. The number of rotatable bonds is 16. The molecule has 0 radical (unpaired) electrons. The SMILES string of the molecule is CC(C)[O][Ti][O]C(C)C.CCCCCCCC(O)O.CCCCCCCC(O)O. The van der Waals surface area contributed by atoms with Crippen LogP contribution >= 0.6 is 0 Å². The maximum Gasteiger partial charge on any atom is 0.151 e. The Kier molecular flexibility index (Phi) is 33.5. The zero-order valence-corrected chi connectivity index (χ0v) is 21.5. The molecule has 178 valence electrons. The van der Waals surface area contributed by atoms with Crippen molar-refractivity contribution in [3.63, 3.8) is 0 Å². The summed E-state index contributed by atoms with van der Waals surface area (Å²) in [6.45, 7) is 12.4. The van der Waals surface area contributed by atoms with E-state index in [4.69, 9.17) is 27.1 Å². The monoisotopic (exact) mass is 458 g/mol. The van der Waals surface area contributed by atoms with Crippen LogP contribution in [0.4, 0.5) is 0 Å². The zero-order chi connectivity index (χ0) is 22.9. The van der Waals surface area contributed by atoms with Crippen LogP contribution in [0.3, 0.4) is 0 Å². The molecule has 29 heavy (non-hydrogen) atoms. The van der Waals surface area contributed by atoms with Crippen molar-refractivity contribution in [1.29, 1.82) is 0 Å². The first-order chi connectivity index (χ1) is 13.7. The summed E-state index contributed by atoms with van der Waals surface area (Å²) in [5.74, 6) is 0. The molecule has 4 N–H and O–H groups in total. The van der Waals surface area contributed by atoms with E-state index in [9.17, 15) is 0 Å². The predicted molar refractivity (Wildman–Crippen MR) is 116 cm³/mol. The summed E-state index contributed by atoms with van der Waals surface area (Å²) < 4.78 is 10.5. The van der Waals surface area contributed by atoms with Crippen LogP contribution in [0.25, 0.3) is 0 Å². The molecule has 0 unspecified atom stereocenters. The quantitative estimate of drug-likeness (QED) is 0.147. The number of hydrogen-bond acceptors (Lipinski definition) is 6. The molecular formula is C22H50O6Ti. The summed E-state index contributed by atoms with van der Waals surface area (Å²) in [7, 11) is 0. The molecule has 6 nitrogen and oxygen atoms in total. The van der Waals surface area contributed by atoms with Crippen LogP contribution in [0.5, 0.6) is 0 Å². The van der Waals surface area contributed by atoms with Crippen LogP contribution in [0.2, 0.25) is 0 Å². The van der Waals surface area contributed by atoms with Gasteiger partial charge in [0.15, 0.2) is 12.6 Å². The Balaban J connectivity index is -0.000000350. The third-order valence-electron chi connectivity index (χ3n) is 3.70. The van der Waals surface area contributed by atoms with Gasteiger partial charge in [-0.05, 0) is 25.7 Å². The molecule has 0 spiro atoms. The van der Waals surface area contributed by atoms with Gasteiger partial charge >= 0.3 is 66.5 Å². The zero-order valence-electron chi connectivity index (χ0n) is 19.9. The van der Waals surface area contributed by atoms with Crippen LogP contribution < -0.4 is 0 Å². The van der Waals surface area contributed by atoms with Crippen LogP contribution in [0, 0.1) is 0 Å². The molecule has 0 aromatic rings. The molecule has 0 saturated heterocycles. The van der Waals surface area contributed by atoms with E-state index in [1.165, 1.54) is 38.5 Å². The molecule has 7 heteroatoms. The second kappa shape index (κ2) is 28.5. The van der Waals surface area contributed by atoms with Crippen molar-refractivity contribution in [2.24, 2.45) is 0 Å². The standard InChI is InChI=1S/2C8H18O2.2C3H7O.Ti/c2*1-2-3-4-5-6-7-8(9)10;2*1-3(2)4;/h2*8-10H,2-7H2,1H3;2*3H,1-2H3;/q;;2*-1;+2. The van der Waals surface area contributed by atoms with Crippen LogP contribution in [-0.2, 0) is 26.6 Å². The topological polar surface area (TPSA) is 99.4 Å². The van der Waals surface area contributed by atoms with Gasteiger partial charge in [-0.1, -0.05) is 65.2 Å². The Morgan fingerprint density at radius 1 is 0.552 bits per heavy atom. The van der Waals surface area contributed by atoms with Gasteiger partial charge in [0.1, 0.15) is 0 Å². The fourth-order valence-electron chi connectivity index (χ4n) is 2.08. The van der Waals surface area contributed by atoms with E-state index in [0.717, 1.165) is 25.7 Å². The van der Waals surface area contributed by atoms with Gasteiger partial charge in [0, 0.05) is 0 Å². The molecule has 0 bridgehead atoms. The molecule has 0 atom stereocenters. The normalized spacial score (nSPS) is 10.8. The van der Waals surface area contributed by atoms with Gasteiger partial charge in [-0.15, -0.1) is 0 Å². The number of unbranched alkanes of at least 4 members (excludes halogenated alkanes) is 8. The van der Waals surface area contributed by atoms with Crippen molar-refractivity contribution in [2.45, 2.75) is 143 Å². The second-order valence-electron chi connectivity index (χ2n) is 7.78. The van der Waals surface area contributed by atoms with Gasteiger partial charge in [0.2, 0.25) is 0 Å². The van der Waals surface area contributed by atoms with Crippen molar-refractivity contribution in [3.8, 4) is 0 Å². The number of aliphatic hydroxyl groups excluding tert-OH is 2. The van der Waals surface area contributed by atoms with Crippen LogP contribution in [0.1, 0.15) is 119 Å². The average molecular weight is 459 g/mol. The largest absolute Gasteiger partial charge is 0.368 e. The van der Waals surface area contributed by atoms with E-state index < -0.39 is 32.5 Å². The van der Waals surface area contributed by atoms with Crippen molar-refractivity contribution in [2.75, 3.05) is 0 Å². The first-order valence-corrected chi connectivity index (χ1v) is 12.7. The van der Waals surface area contributed by atoms with E-state index in [1.54, 1.807) is 0 Å². The molecule has 0 rings (SSSR count). The molecule has 0 aromatic carbocycles. The second-order valence-corrected chi connectivity index (χ2v) is 8.78. The Morgan fingerprint density at radius 2 is 0.862 bits per heavy atom. The molecule has 0 aliphatic rings. The summed E-state index contributed by atoms with van der Waals surface area (Å²) in [6.07, 6.45) is 11.1. The summed E-state index contributed by atoms with van der Waals surface area (Å²) >= 11 is -0.574. The minimum Gasteiger partial charge on any atom is -0.368 e. The maximum absolute atomic E-state index is 8.46. The minimum absolute atomic E-state index is 0.323. The van der Waals surface area contributed by atoms with Crippen LogP contribution in [-0.4, -0.2) is 45.2 Å². The predicted octanol–water partition coefficient (Wildman–Crippen LogP) is 5.06. The van der Waals surface area contributed by atoms with Gasteiger partial charge in [0.05, 0.1) is 0 Å². The molecule has 0 saturated carbocycles. The Labute approximate surface area is 190 Å². The first kappa shape index (κ1) is 34.1. The molecular weight excluding hydrogens is 408 g/mol. The van der Waals surface area contributed by atoms with Gasteiger partial charge in [-0.2, -0.15) is 0 Å². The van der Waals surface area contributed by atoms with Crippen molar-refractivity contribution >= 4 is 0 Å². The van der Waals surface area contributed by atoms with Gasteiger partial charge in [-0.3, -0.25) is 0 Å². The molecule has 0 aromatic heterocycles. The summed E-state index contributed by atoms with van der Waals surface area (Å²) in [5.41, 5.74) is 0. The smallest absolute Gasteiger partial charge is 0.151 e. The minimum atomic E-state index is -1.10. The molecule has 0 amide bonds. The Morgan fingerprint density at radius 3 is 1.10 bits per heavy atom. The van der Waals surface area contributed by atoms with Gasteiger partial charge < -0.3 is 20.4 Å². The van der Waals surface area contributed by atoms with Crippen LogP contribution in [0.15, 0.2) is 0 Å². The fourth-order valence-corrected chi connectivity index (χ4v) is 2.77. The average Bonchev–Trinajstić information content (AvgIpc) is 2.61. The van der Waals surface area contributed by atoms with E-state index >= 15 is 0 Å². The van der Waals surface area contributed by atoms with E-state index in [0.29, 0.717) is 25.0 Å². The van der Waals surface area contributed by atoms with Gasteiger partial charge in [-0.25, -0.2) is 0 Å². The maximum atomic E-state index is 8.46. The van der Waals surface area contributed by atoms with Crippen molar-refractivity contribution < 1.29 is 47.0 Å². The summed E-state index contributed by atoms with van der Waals surface area (Å²) in [4.78, 5) is 0. The van der Waals surface area contributed by atoms with Crippen molar-refractivity contribution in [3.05, 3.63) is 0 Å². The van der Waals surface area contributed by atoms with E-state index in [-0.39, 0.29) is 0 Å². The third kappa shape index (κ3) is 47.6. The third-order valence-corrected chi connectivity index (χ3v) is 5.47. The van der Waals surface area contributed by atoms with Gasteiger partial charge in [0.25, 0.3) is 0 Å². The summed E-state index contributed by atoms with van der Waals surface area (Å²) in [5, 5.41) is 33.9. The molecule has 0 heterocycles. The molecule has 0 fully saturated rings. The Hall–Kier alpha value is 0.474. The summed E-state index contributed by atoms with van der Waals surface area (Å²) in [6, 6.07) is 0. The van der Waals surface area contributed by atoms with E-state index in [2.05, 4.69) is 13.8 Å². The first-order valence-electron chi connectivity index (χ1n) is 11.5. The number of aliphatic hydroxyl groups is 4. The molecule has 0 aliphatic heterocycles.